The van der Waals surface area contributed by atoms with Gasteiger partial charge in [-0.05, 0) is 56.2 Å². The summed E-state index contributed by atoms with van der Waals surface area (Å²) >= 11 is 0. The Labute approximate surface area is 140 Å². The molecule has 24 heavy (non-hydrogen) atoms. The third-order valence-electron chi connectivity index (χ3n) is 3.65. The lowest BCUT2D eigenvalue weighted by molar-refractivity contribution is 0.337. The molecule has 0 saturated heterocycles. The first-order chi connectivity index (χ1) is 11.4. The average molecular weight is 346 g/mol. The van der Waals surface area contributed by atoms with Crippen LogP contribution in [0.3, 0.4) is 0 Å². The van der Waals surface area contributed by atoms with Crippen molar-refractivity contribution < 1.29 is 13.2 Å². The van der Waals surface area contributed by atoms with E-state index in [0.29, 0.717) is 34.6 Å². The van der Waals surface area contributed by atoms with Crippen molar-refractivity contribution >= 4 is 26.7 Å². The number of benzene rings is 2. The molecule has 0 aliphatic heterocycles. The molecule has 2 N–H and O–H groups in total. The predicted octanol–water partition coefficient (Wildman–Crippen LogP) is 2.77. The fourth-order valence-electron chi connectivity index (χ4n) is 2.51. The Morgan fingerprint density at radius 3 is 2.71 bits per heavy atom. The summed E-state index contributed by atoms with van der Waals surface area (Å²) in [6.45, 7) is 5.98. The summed E-state index contributed by atoms with van der Waals surface area (Å²) in [4.78, 5) is 0.212. The molecular weight excluding hydrogens is 328 g/mol. The number of sulfonamides is 1. The number of para-hydroxylation sites is 1. The van der Waals surface area contributed by atoms with Gasteiger partial charge in [-0.25, -0.2) is 8.42 Å². The van der Waals surface area contributed by atoms with E-state index in [0.717, 1.165) is 5.56 Å². The Kier molecular flexibility index (Phi) is 4.15. The van der Waals surface area contributed by atoms with Crippen LogP contribution in [0.4, 0.5) is 5.69 Å². The van der Waals surface area contributed by atoms with E-state index in [2.05, 4.69) is 20.1 Å². The second-order valence-electron chi connectivity index (χ2n) is 5.42. The Hall–Kier alpha value is -2.61. The van der Waals surface area contributed by atoms with Crippen LogP contribution in [0.15, 0.2) is 35.2 Å². The zero-order valence-electron chi connectivity index (χ0n) is 13.6. The topological polar surface area (TPSA) is 97.0 Å². The van der Waals surface area contributed by atoms with Crippen LogP contribution in [0, 0.1) is 13.8 Å². The van der Waals surface area contributed by atoms with E-state index in [9.17, 15) is 8.42 Å². The number of aromatic nitrogens is 3. The number of hydrogen-bond acceptors (Lipinski definition) is 5. The number of ether oxygens (including phenoxy) is 1. The number of fused-ring (bicyclic) bond motifs is 1. The van der Waals surface area contributed by atoms with Crippen molar-refractivity contribution in [1.29, 1.82) is 0 Å². The molecule has 3 rings (SSSR count). The van der Waals surface area contributed by atoms with Gasteiger partial charge in [0.15, 0.2) is 0 Å². The normalized spacial score (nSPS) is 11.6. The second kappa shape index (κ2) is 6.12. The van der Waals surface area contributed by atoms with Crippen molar-refractivity contribution in [2.24, 2.45) is 0 Å². The maximum Gasteiger partial charge on any atom is 0.262 e. The van der Waals surface area contributed by atoms with Crippen molar-refractivity contribution in [2.45, 2.75) is 25.7 Å². The van der Waals surface area contributed by atoms with Crippen LogP contribution in [0.1, 0.15) is 18.1 Å². The second-order valence-corrected chi connectivity index (χ2v) is 7.07. The van der Waals surface area contributed by atoms with Gasteiger partial charge < -0.3 is 4.74 Å². The number of anilines is 1. The number of aryl methyl sites for hydroxylation is 2. The van der Waals surface area contributed by atoms with Gasteiger partial charge in [0.2, 0.25) is 0 Å². The molecular formula is C16H18N4O3S. The Bertz CT molecular complexity index is 996. The number of nitrogens with zero attached hydrogens (tertiary/aromatic N) is 2. The molecule has 2 aromatic carbocycles. The molecule has 7 nitrogen and oxygen atoms in total. The molecule has 8 heteroatoms. The average Bonchev–Trinajstić information content (AvgIpc) is 3.00. The molecule has 0 unspecified atom stereocenters. The van der Waals surface area contributed by atoms with E-state index in [1.165, 1.54) is 0 Å². The van der Waals surface area contributed by atoms with Crippen LogP contribution in [0.5, 0.6) is 5.75 Å². The summed E-state index contributed by atoms with van der Waals surface area (Å²) < 4.78 is 33.7. The Morgan fingerprint density at radius 2 is 1.96 bits per heavy atom. The van der Waals surface area contributed by atoms with Crippen molar-refractivity contribution in [1.82, 2.24) is 15.4 Å². The molecule has 0 radical (unpaired) electrons. The van der Waals surface area contributed by atoms with E-state index >= 15 is 0 Å². The summed E-state index contributed by atoms with van der Waals surface area (Å²) in [5.41, 5.74) is 2.83. The molecule has 1 heterocycles. The SMILES string of the molecule is CCOc1cc(C)c(S(=O)(=O)Nc2cccc3n[nH]nc23)cc1C. The maximum absolute atomic E-state index is 12.8. The van der Waals surface area contributed by atoms with E-state index in [1.807, 2.05) is 13.8 Å². The standard InChI is InChI=1S/C16H18N4O3S/c1-4-23-14-8-11(3)15(9-10(14)2)24(21,22)19-13-7-5-6-12-16(13)18-20-17-12/h5-9,19H,4H2,1-3H3,(H,17,18,20). The van der Waals surface area contributed by atoms with E-state index in [4.69, 9.17) is 4.74 Å². The molecule has 126 valence electrons. The number of nitrogens with one attached hydrogen (secondary N) is 2. The quantitative estimate of drug-likeness (QED) is 0.740. The maximum atomic E-state index is 12.8. The highest BCUT2D eigenvalue weighted by Crippen LogP contribution is 2.28. The minimum Gasteiger partial charge on any atom is -0.494 e. The van der Waals surface area contributed by atoms with Crippen LogP contribution in [0.2, 0.25) is 0 Å². The number of rotatable bonds is 5. The zero-order chi connectivity index (χ0) is 17.3. The molecule has 0 bridgehead atoms. The first-order valence-electron chi connectivity index (χ1n) is 7.48. The fourth-order valence-corrected chi connectivity index (χ4v) is 3.89. The van der Waals surface area contributed by atoms with E-state index in [1.54, 1.807) is 37.3 Å². The largest absolute Gasteiger partial charge is 0.494 e. The van der Waals surface area contributed by atoms with E-state index in [-0.39, 0.29) is 4.90 Å². The fraction of sp³-hybridized carbons (Fsp3) is 0.250. The van der Waals surface area contributed by atoms with Gasteiger partial charge in [-0.15, -0.1) is 0 Å². The minimum atomic E-state index is -3.75. The predicted molar refractivity (Wildman–Crippen MR) is 91.8 cm³/mol. The third-order valence-corrected chi connectivity index (χ3v) is 5.16. The zero-order valence-corrected chi connectivity index (χ0v) is 14.4. The minimum absolute atomic E-state index is 0.212. The van der Waals surface area contributed by atoms with Crippen LogP contribution in [-0.4, -0.2) is 30.4 Å². The monoisotopic (exact) mass is 346 g/mol. The van der Waals surface area contributed by atoms with Gasteiger partial charge in [0, 0.05) is 0 Å². The highest BCUT2D eigenvalue weighted by Gasteiger charge is 2.20. The van der Waals surface area contributed by atoms with Crippen LogP contribution < -0.4 is 9.46 Å². The highest BCUT2D eigenvalue weighted by atomic mass is 32.2. The van der Waals surface area contributed by atoms with Gasteiger partial charge in [-0.2, -0.15) is 15.4 Å². The first-order valence-corrected chi connectivity index (χ1v) is 8.97. The summed E-state index contributed by atoms with van der Waals surface area (Å²) in [6.07, 6.45) is 0. The van der Waals surface area contributed by atoms with Crippen molar-refractivity contribution in [3.05, 3.63) is 41.5 Å². The molecule has 0 amide bonds. The highest BCUT2D eigenvalue weighted by molar-refractivity contribution is 7.92. The number of aromatic amines is 1. The third kappa shape index (κ3) is 2.92. The van der Waals surface area contributed by atoms with Gasteiger partial charge in [0.05, 0.1) is 17.2 Å². The Balaban J connectivity index is 2.02. The van der Waals surface area contributed by atoms with Crippen molar-refractivity contribution in [3.63, 3.8) is 0 Å². The summed E-state index contributed by atoms with van der Waals surface area (Å²) in [5.74, 6) is 0.688. The van der Waals surface area contributed by atoms with Crippen LogP contribution in [0.25, 0.3) is 11.0 Å². The first kappa shape index (κ1) is 16.3. The lowest BCUT2D eigenvalue weighted by atomic mass is 10.1. The van der Waals surface area contributed by atoms with Gasteiger partial charge in [0.25, 0.3) is 10.0 Å². The van der Waals surface area contributed by atoms with E-state index < -0.39 is 10.0 Å². The number of hydrogen-bond donors (Lipinski definition) is 2. The summed E-state index contributed by atoms with van der Waals surface area (Å²) in [7, 11) is -3.75. The van der Waals surface area contributed by atoms with Gasteiger partial charge >= 0.3 is 0 Å². The van der Waals surface area contributed by atoms with Crippen molar-refractivity contribution in [3.8, 4) is 5.75 Å². The summed E-state index contributed by atoms with van der Waals surface area (Å²) in [6, 6.07) is 8.48. The molecule has 1 aromatic heterocycles. The van der Waals surface area contributed by atoms with Crippen molar-refractivity contribution in [2.75, 3.05) is 11.3 Å². The van der Waals surface area contributed by atoms with Gasteiger partial charge in [0.1, 0.15) is 16.8 Å². The smallest absolute Gasteiger partial charge is 0.262 e. The summed E-state index contributed by atoms with van der Waals surface area (Å²) in [5, 5.41) is 10.4. The molecule has 0 aliphatic rings. The molecule has 0 atom stereocenters. The van der Waals surface area contributed by atoms with Gasteiger partial charge in [-0.3, -0.25) is 4.72 Å². The lowest BCUT2D eigenvalue weighted by Crippen LogP contribution is -2.15. The Morgan fingerprint density at radius 1 is 1.17 bits per heavy atom. The molecule has 0 saturated carbocycles. The molecule has 3 aromatic rings. The molecule has 0 spiro atoms. The number of H-pyrrole nitrogens is 1. The molecule has 0 aliphatic carbocycles. The lowest BCUT2D eigenvalue weighted by Gasteiger charge is -2.14. The van der Waals surface area contributed by atoms with Crippen LogP contribution in [-0.2, 0) is 10.0 Å². The molecule has 0 fully saturated rings. The van der Waals surface area contributed by atoms with Gasteiger partial charge in [-0.1, -0.05) is 6.07 Å². The van der Waals surface area contributed by atoms with Crippen LogP contribution >= 0.6 is 0 Å².